The number of nitrogens with one attached hydrogen (secondary N) is 1. The first-order chi connectivity index (χ1) is 5.89. The molecule has 4 nitrogen and oxygen atoms in total. The quantitative estimate of drug-likeness (QED) is 0.377. The van der Waals surface area contributed by atoms with E-state index < -0.39 is 0 Å². The molecule has 0 spiro atoms. The van der Waals surface area contributed by atoms with Gasteiger partial charge in [-0.3, -0.25) is 0 Å². The summed E-state index contributed by atoms with van der Waals surface area (Å²) in [4.78, 5) is 15.0. The van der Waals surface area contributed by atoms with Crippen LogP contribution in [0.1, 0.15) is 6.92 Å². The predicted octanol–water partition coefficient (Wildman–Crippen LogP) is 1.20. The van der Waals surface area contributed by atoms with Crippen molar-refractivity contribution in [2.45, 2.75) is 6.92 Å². The van der Waals surface area contributed by atoms with Crippen LogP contribution in [0.4, 0.5) is 0 Å². The predicted molar refractivity (Wildman–Crippen MR) is 43.6 cm³/mol. The van der Waals surface area contributed by atoms with Gasteiger partial charge in [0, 0.05) is 17.1 Å². The van der Waals surface area contributed by atoms with Crippen molar-refractivity contribution in [3.8, 4) is 0 Å². The summed E-state index contributed by atoms with van der Waals surface area (Å²) in [7, 11) is 0. The fraction of sp³-hybridized carbons (Fsp3) is 0.125. The van der Waals surface area contributed by atoms with Crippen LogP contribution in [0.3, 0.4) is 0 Å². The molecule has 1 fully saturated rings. The van der Waals surface area contributed by atoms with E-state index in [9.17, 15) is 0 Å². The molecular weight excluding hydrogens is 211 g/mol. The van der Waals surface area contributed by atoms with Gasteiger partial charge in [-0.2, -0.15) is 19.8 Å². The third kappa shape index (κ3) is 24.6. The first-order valence-corrected chi connectivity index (χ1v) is 2.71. The first kappa shape index (κ1) is 22.9. The molecule has 1 saturated carbocycles. The third-order valence-corrected chi connectivity index (χ3v) is 0.829. The SMILES string of the molecule is C[C-]1[CH][CH][CH][CH]1.[C-]=O.[C-]=O.[Mn].[N-]=N. The Balaban J connectivity index is -0.0000000508. The Bertz CT molecular complexity index is 75.8. The maximum Gasteiger partial charge on any atom is 0 e. The van der Waals surface area contributed by atoms with Gasteiger partial charge in [0.2, 0.25) is 0 Å². The summed E-state index contributed by atoms with van der Waals surface area (Å²) in [6.45, 7) is 11.1. The number of nitrogens with zero attached hydrogens (tertiary/aromatic N) is 1. The van der Waals surface area contributed by atoms with Crippen LogP contribution in [0.25, 0.3) is 5.53 Å². The fourth-order valence-corrected chi connectivity index (χ4v) is 0.470. The summed E-state index contributed by atoms with van der Waals surface area (Å²) in [6, 6.07) is 0. The zero-order valence-electron chi connectivity index (χ0n) is 6.95. The maximum absolute atomic E-state index is 7.50. The Morgan fingerprint density at radius 2 is 1.31 bits per heavy atom. The molecular formula is C8H8MnN2O2-4. The van der Waals surface area contributed by atoms with Gasteiger partial charge in [-0.05, 0) is 0 Å². The molecule has 0 aromatic rings. The average molecular weight is 219 g/mol. The molecule has 13 heavy (non-hydrogen) atoms. The van der Waals surface area contributed by atoms with Crippen LogP contribution in [0.5, 0.6) is 0 Å². The van der Waals surface area contributed by atoms with Crippen LogP contribution in [0.2, 0.25) is 0 Å². The molecule has 0 aromatic heterocycles. The number of carbonyl (C=O) groups excluding carboxylic acids is 2. The largest absolute Gasteiger partial charge is 0.715 e. The molecule has 0 bridgehead atoms. The van der Waals surface area contributed by atoms with Crippen LogP contribution < -0.4 is 0 Å². The summed E-state index contributed by atoms with van der Waals surface area (Å²) in [5, 5.41) is 0. The van der Waals surface area contributed by atoms with Gasteiger partial charge in [0.1, 0.15) is 0 Å². The van der Waals surface area contributed by atoms with Crippen molar-refractivity contribution >= 4 is 13.6 Å². The fourth-order valence-electron chi connectivity index (χ4n) is 0.470. The van der Waals surface area contributed by atoms with Crippen molar-refractivity contribution in [1.82, 2.24) is 0 Å². The smallest absolute Gasteiger partial charge is 0 e. The van der Waals surface area contributed by atoms with Crippen molar-refractivity contribution in [1.29, 1.82) is 5.53 Å². The standard InChI is InChI=1S/C6H7.2CO.Mn.HN2/c1-6-4-2-3-5-6;2*1-2;;1-2/h2-5H,1H3;;;;1H/q3*-1;;-1. The normalized spacial score (nSPS) is 12.7. The summed E-state index contributed by atoms with van der Waals surface area (Å²) < 4.78 is 0. The zero-order valence-corrected chi connectivity index (χ0v) is 8.13. The van der Waals surface area contributed by atoms with E-state index in [1.807, 2.05) is 12.8 Å². The molecule has 73 valence electrons. The molecule has 0 amide bonds. The number of hydrogen-bond acceptors (Lipinski definition) is 3. The van der Waals surface area contributed by atoms with Crippen molar-refractivity contribution in [2.24, 2.45) is 0 Å². The molecule has 1 N–H and O–H groups in total. The maximum atomic E-state index is 7.50. The molecule has 0 aliphatic heterocycles. The topological polar surface area (TPSA) is 80.3 Å². The van der Waals surface area contributed by atoms with Crippen LogP contribution in [0, 0.1) is 37.1 Å². The van der Waals surface area contributed by atoms with Gasteiger partial charge in [0.25, 0.3) is 0 Å². The van der Waals surface area contributed by atoms with Crippen molar-refractivity contribution in [3.63, 3.8) is 0 Å². The molecule has 0 unspecified atom stereocenters. The Morgan fingerprint density at radius 1 is 1.08 bits per heavy atom. The average Bonchev–Trinajstić information content (AvgIpc) is 2.66. The van der Waals surface area contributed by atoms with Gasteiger partial charge < -0.3 is 40.1 Å². The van der Waals surface area contributed by atoms with E-state index in [0.29, 0.717) is 0 Å². The summed E-state index contributed by atoms with van der Waals surface area (Å²) in [5.41, 5.74) is 11.0. The van der Waals surface area contributed by atoms with Crippen molar-refractivity contribution < 1.29 is 26.7 Å². The molecule has 5 heteroatoms. The van der Waals surface area contributed by atoms with E-state index in [0.717, 1.165) is 0 Å². The van der Waals surface area contributed by atoms with Gasteiger partial charge in [0.05, 0.1) is 0 Å². The summed E-state index contributed by atoms with van der Waals surface area (Å²) >= 11 is 0. The molecule has 1 aliphatic rings. The Labute approximate surface area is 90.3 Å². The number of hydrogen-bond donors (Lipinski definition) is 1. The number of rotatable bonds is 0. The van der Waals surface area contributed by atoms with E-state index in [2.05, 4.69) is 33.3 Å². The van der Waals surface area contributed by atoms with E-state index in [-0.39, 0.29) is 17.1 Å². The van der Waals surface area contributed by atoms with Crippen LogP contribution in [-0.2, 0) is 26.7 Å². The minimum Gasteiger partial charge on any atom is -0.715 e. The Kier molecular flexibility index (Phi) is 52.8. The molecule has 1 rings (SSSR count). The second-order valence-corrected chi connectivity index (χ2v) is 1.46. The molecule has 0 aromatic carbocycles. The molecule has 7 radical (unpaired) electrons. The van der Waals surface area contributed by atoms with Gasteiger partial charge >= 0.3 is 0 Å². The minimum absolute atomic E-state index is 0. The Hall–Kier alpha value is -0.541. The molecule has 0 heterocycles. The van der Waals surface area contributed by atoms with E-state index in [4.69, 9.17) is 20.7 Å². The zero-order chi connectivity index (χ0) is 10.4. The van der Waals surface area contributed by atoms with E-state index in [1.54, 1.807) is 0 Å². The molecule has 0 atom stereocenters. The third-order valence-electron chi connectivity index (χ3n) is 0.829. The second-order valence-electron chi connectivity index (χ2n) is 1.46. The first-order valence-electron chi connectivity index (χ1n) is 2.71. The monoisotopic (exact) mass is 219 g/mol. The van der Waals surface area contributed by atoms with E-state index >= 15 is 0 Å². The molecule has 0 saturated heterocycles. The summed E-state index contributed by atoms with van der Waals surface area (Å²) in [6.07, 6.45) is 8.24. The van der Waals surface area contributed by atoms with Crippen LogP contribution in [0.15, 0.2) is 0 Å². The van der Waals surface area contributed by atoms with Crippen LogP contribution in [-0.4, -0.2) is 13.6 Å². The van der Waals surface area contributed by atoms with Gasteiger partial charge in [-0.15, -0.1) is 0 Å². The van der Waals surface area contributed by atoms with Crippen molar-refractivity contribution in [2.75, 3.05) is 0 Å². The van der Waals surface area contributed by atoms with Gasteiger partial charge in [0.15, 0.2) is 0 Å². The summed E-state index contributed by atoms with van der Waals surface area (Å²) in [5.74, 6) is 1.34. The van der Waals surface area contributed by atoms with Gasteiger partial charge in [-0.1, -0.05) is 12.8 Å². The van der Waals surface area contributed by atoms with Gasteiger partial charge in [-0.25, -0.2) is 0 Å². The minimum atomic E-state index is 0. The van der Waals surface area contributed by atoms with Crippen LogP contribution >= 0.6 is 0 Å². The second kappa shape index (κ2) is 30.0. The molecule has 1 aliphatic carbocycles. The Morgan fingerprint density at radius 3 is 1.38 bits per heavy atom. The van der Waals surface area contributed by atoms with Crippen molar-refractivity contribution in [3.05, 3.63) is 37.1 Å². The van der Waals surface area contributed by atoms with E-state index in [1.165, 1.54) is 5.92 Å².